The molecule has 3 rings (SSSR count). The molecule has 1 amide bonds. The molecule has 3 N–H and O–H groups in total. The lowest BCUT2D eigenvalue weighted by molar-refractivity contribution is 0.102. The average molecular weight is 483 g/mol. The molecule has 0 bridgehead atoms. The molecule has 0 saturated heterocycles. The third kappa shape index (κ3) is 4.73. The standard InChI is InChI=1S/C18H15Cl2F3N2O4S/c19-10-7-12(21)16(30(28,29)25-14-2-1-3-15(14)26)6-9(10)18(27)24-8-4-11(20)17(23)13(22)5-8/h4-7,14-15,25-26H,1-3H2,(H,24,27). The van der Waals surface area contributed by atoms with Crippen molar-refractivity contribution in [3.63, 3.8) is 0 Å². The molecule has 1 fully saturated rings. The van der Waals surface area contributed by atoms with Crippen LogP contribution in [0.2, 0.25) is 10.0 Å². The number of rotatable bonds is 5. The van der Waals surface area contributed by atoms with Gasteiger partial charge in [-0.1, -0.05) is 23.2 Å². The quantitative estimate of drug-likeness (QED) is 0.563. The average Bonchev–Trinajstić information content (AvgIpc) is 3.03. The number of amides is 1. The monoisotopic (exact) mass is 482 g/mol. The summed E-state index contributed by atoms with van der Waals surface area (Å²) in [6.07, 6.45) is 0.471. The van der Waals surface area contributed by atoms with Crippen LogP contribution in [-0.4, -0.2) is 31.6 Å². The first-order valence-electron chi connectivity index (χ1n) is 8.65. The number of benzene rings is 2. The van der Waals surface area contributed by atoms with Crippen LogP contribution in [0.4, 0.5) is 18.9 Å². The Morgan fingerprint density at radius 3 is 2.33 bits per heavy atom. The highest BCUT2D eigenvalue weighted by atomic mass is 35.5. The fourth-order valence-electron chi connectivity index (χ4n) is 3.08. The van der Waals surface area contributed by atoms with Crippen molar-refractivity contribution in [2.75, 3.05) is 5.32 Å². The largest absolute Gasteiger partial charge is 0.391 e. The van der Waals surface area contributed by atoms with Crippen molar-refractivity contribution in [3.8, 4) is 0 Å². The Balaban J connectivity index is 1.91. The normalized spacial score (nSPS) is 19.1. The van der Waals surface area contributed by atoms with Crippen molar-refractivity contribution in [2.24, 2.45) is 0 Å². The van der Waals surface area contributed by atoms with E-state index in [2.05, 4.69) is 10.0 Å². The second-order valence-corrected chi connectivity index (χ2v) is 9.19. The highest BCUT2D eigenvalue weighted by Gasteiger charge is 2.32. The maximum atomic E-state index is 14.3. The van der Waals surface area contributed by atoms with Gasteiger partial charge < -0.3 is 10.4 Å². The second kappa shape index (κ2) is 8.72. The summed E-state index contributed by atoms with van der Waals surface area (Å²) in [4.78, 5) is 11.6. The minimum atomic E-state index is -4.43. The lowest BCUT2D eigenvalue weighted by Crippen LogP contribution is -2.40. The van der Waals surface area contributed by atoms with E-state index in [1.54, 1.807) is 0 Å². The van der Waals surface area contributed by atoms with Gasteiger partial charge in [0.1, 0.15) is 10.7 Å². The Morgan fingerprint density at radius 2 is 1.73 bits per heavy atom. The number of hydrogen-bond donors (Lipinski definition) is 3. The molecule has 162 valence electrons. The van der Waals surface area contributed by atoms with Crippen LogP contribution in [-0.2, 0) is 10.0 Å². The molecule has 2 aromatic carbocycles. The molecule has 2 atom stereocenters. The van der Waals surface area contributed by atoms with Gasteiger partial charge in [0, 0.05) is 17.8 Å². The second-order valence-electron chi connectivity index (χ2n) is 6.70. The molecular formula is C18H15Cl2F3N2O4S. The Kier molecular flexibility index (Phi) is 6.63. The number of halogens is 5. The van der Waals surface area contributed by atoms with E-state index in [1.807, 2.05) is 0 Å². The topological polar surface area (TPSA) is 95.5 Å². The molecule has 2 unspecified atom stereocenters. The van der Waals surface area contributed by atoms with Gasteiger partial charge in [0.15, 0.2) is 11.6 Å². The van der Waals surface area contributed by atoms with Gasteiger partial charge in [-0.15, -0.1) is 0 Å². The predicted molar refractivity (Wildman–Crippen MR) is 105 cm³/mol. The molecule has 12 heteroatoms. The van der Waals surface area contributed by atoms with Crippen LogP contribution < -0.4 is 10.0 Å². The lowest BCUT2D eigenvalue weighted by Gasteiger charge is -2.17. The van der Waals surface area contributed by atoms with E-state index in [0.717, 1.165) is 12.1 Å². The number of aliphatic hydroxyl groups is 1. The minimum absolute atomic E-state index is 0.221. The van der Waals surface area contributed by atoms with E-state index in [1.165, 1.54) is 0 Å². The zero-order valence-corrected chi connectivity index (χ0v) is 17.4. The van der Waals surface area contributed by atoms with Crippen LogP contribution in [0.25, 0.3) is 0 Å². The maximum Gasteiger partial charge on any atom is 0.257 e. The van der Waals surface area contributed by atoms with Gasteiger partial charge >= 0.3 is 0 Å². The van der Waals surface area contributed by atoms with Crippen molar-refractivity contribution in [2.45, 2.75) is 36.3 Å². The fraction of sp³-hybridized carbons (Fsp3) is 0.278. The van der Waals surface area contributed by atoms with E-state index in [9.17, 15) is 31.5 Å². The number of anilines is 1. The summed E-state index contributed by atoms with van der Waals surface area (Å²) in [6.45, 7) is 0. The Labute approximate surface area is 180 Å². The number of hydrogen-bond acceptors (Lipinski definition) is 4. The van der Waals surface area contributed by atoms with Crippen molar-refractivity contribution in [1.29, 1.82) is 0 Å². The van der Waals surface area contributed by atoms with Crippen LogP contribution in [0.1, 0.15) is 29.6 Å². The summed E-state index contributed by atoms with van der Waals surface area (Å²) in [5.41, 5.74) is -0.646. The minimum Gasteiger partial charge on any atom is -0.391 e. The first-order valence-corrected chi connectivity index (χ1v) is 10.9. The predicted octanol–water partition coefficient (Wildman–Crippen LogP) is 3.85. The number of nitrogens with one attached hydrogen (secondary N) is 2. The number of carbonyl (C=O) groups excluding carboxylic acids is 1. The Bertz CT molecular complexity index is 1090. The summed E-state index contributed by atoms with van der Waals surface area (Å²) >= 11 is 11.4. The van der Waals surface area contributed by atoms with Crippen molar-refractivity contribution >= 4 is 44.8 Å². The van der Waals surface area contributed by atoms with E-state index >= 15 is 0 Å². The van der Waals surface area contributed by atoms with E-state index in [-0.39, 0.29) is 5.69 Å². The van der Waals surface area contributed by atoms with E-state index in [0.29, 0.717) is 31.4 Å². The Hall–Kier alpha value is -1.85. The molecule has 0 radical (unpaired) electrons. The zero-order chi connectivity index (χ0) is 22.2. The third-order valence-corrected chi connectivity index (χ3v) is 6.68. The first kappa shape index (κ1) is 22.8. The van der Waals surface area contributed by atoms with Crippen LogP contribution in [0.3, 0.4) is 0 Å². The maximum absolute atomic E-state index is 14.3. The highest BCUT2D eigenvalue weighted by Crippen LogP contribution is 2.28. The summed E-state index contributed by atoms with van der Waals surface area (Å²) in [5.74, 6) is -4.82. The summed E-state index contributed by atoms with van der Waals surface area (Å²) < 4.78 is 68.5. The van der Waals surface area contributed by atoms with Gasteiger partial charge in [0.25, 0.3) is 5.91 Å². The number of carbonyl (C=O) groups is 1. The van der Waals surface area contributed by atoms with Gasteiger partial charge in [-0.2, -0.15) is 0 Å². The smallest absolute Gasteiger partial charge is 0.257 e. The van der Waals surface area contributed by atoms with Gasteiger partial charge in [0.2, 0.25) is 10.0 Å². The van der Waals surface area contributed by atoms with Crippen molar-refractivity contribution < 1.29 is 31.5 Å². The summed E-state index contributed by atoms with van der Waals surface area (Å²) in [7, 11) is -4.43. The SMILES string of the molecule is O=C(Nc1cc(F)c(F)c(Cl)c1)c1cc(S(=O)(=O)NC2CCCC2O)c(F)cc1Cl. The fourth-order valence-corrected chi connectivity index (χ4v) is 4.91. The van der Waals surface area contributed by atoms with Gasteiger partial charge in [0.05, 0.1) is 21.7 Å². The summed E-state index contributed by atoms with van der Waals surface area (Å²) in [5, 5.41) is 11.0. The lowest BCUT2D eigenvalue weighted by atomic mass is 10.2. The van der Waals surface area contributed by atoms with Crippen molar-refractivity contribution in [1.82, 2.24) is 4.72 Å². The van der Waals surface area contributed by atoms with Crippen molar-refractivity contribution in [3.05, 3.63) is 57.3 Å². The third-order valence-electron chi connectivity index (χ3n) is 4.58. The molecule has 0 heterocycles. The molecule has 2 aromatic rings. The summed E-state index contributed by atoms with van der Waals surface area (Å²) in [6, 6.07) is 2.19. The molecule has 1 saturated carbocycles. The van der Waals surface area contributed by atoms with E-state index < -0.39 is 66.0 Å². The van der Waals surface area contributed by atoms with Crippen LogP contribution in [0.15, 0.2) is 29.2 Å². The number of sulfonamides is 1. The van der Waals surface area contributed by atoms with Crippen LogP contribution in [0.5, 0.6) is 0 Å². The molecule has 1 aliphatic carbocycles. The van der Waals surface area contributed by atoms with Crippen LogP contribution >= 0.6 is 23.2 Å². The molecule has 30 heavy (non-hydrogen) atoms. The van der Waals surface area contributed by atoms with Gasteiger partial charge in [-0.05, 0) is 37.5 Å². The zero-order valence-electron chi connectivity index (χ0n) is 15.1. The van der Waals surface area contributed by atoms with Crippen LogP contribution in [0, 0.1) is 17.5 Å². The van der Waals surface area contributed by atoms with Gasteiger partial charge in [-0.3, -0.25) is 4.79 Å². The molecule has 1 aliphatic rings. The molecule has 0 spiro atoms. The number of aliphatic hydroxyl groups excluding tert-OH is 1. The molecule has 6 nitrogen and oxygen atoms in total. The van der Waals surface area contributed by atoms with Gasteiger partial charge in [-0.25, -0.2) is 26.3 Å². The first-order chi connectivity index (χ1) is 14.0. The Morgan fingerprint density at radius 1 is 1.03 bits per heavy atom. The molecule has 0 aromatic heterocycles. The highest BCUT2D eigenvalue weighted by molar-refractivity contribution is 7.89. The van der Waals surface area contributed by atoms with E-state index in [4.69, 9.17) is 23.2 Å². The molecular weight excluding hydrogens is 468 g/mol. The molecule has 0 aliphatic heterocycles.